The molecule has 0 bridgehead atoms. The lowest BCUT2D eigenvalue weighted by Gasteiger charge is -2.31. The van der Waals surface area contributed by atoms with Crippen molar-refractivity contribution in [1.82, 2.24) is 4.90 Å². The quantitative estimate of drug-likeness (QED) is 0.838. The van der Waals surface area contributed by atoms with Gasteiger partial charge in [-0.05, 0) is 63.6 Å². The molecule has 1 aromatic carbocycles. The number of amides is 1. The first-order valence-electron chi connectivity index (χ1n) is 9.67. The Morgan fingerprint density at radius 3 is 2.70 bits per heavy atom. The Labute approximate surface area is 157 Å². The maximum Gasteiger partial charge on any atom is 0.339 e. The van der Waals surface area contributed by atoms with Crippen molar-refractivity contribution in [3.63, 3.8) is 0 Å². The Bertz CT molecular complexity index is 940. The lowest BCUT2D eigenvalue weighted by molar-refractivity contribution is -0.139. The zero-order valence-corrected chi connectivity index (χ0v) is 15.8. The normalized spacial score (nSPS) is 18.6. The van der Waals surface area contributed by atoms with E-state index in [-0.39, 0.29) is 17.6 Å². The molecule has 0 spiro atoms. The van der Waals surface area contributed by atoms with Gasteiger partial charge in [0.1, 0.15) is 11.3 Å². The summed E-state index contributed by atoms with van der Waals surface area (Å²) in [7, 11) is 0. The molecule has 1 N–H and O–H groups in total. The first-order valence-corrected chi connectivity index (χ1v) is 9.67. The molecular formula is C21H25NO5. The van der Waals surface area contributed by atoms with Gasteiger partial charge in [-0.15, -0.1) is 0 Å². The molecular weight excluding hydrogens is 346 g/mol. The van der Waals surface area contributed by atoms with E-state index in [0.717, 1.165) is 41.3 Å². The highest BCUT2D eigenvalue weighted by atomic mass is 16.5. The minimum atomic E-state index is -0.641. The number of aliphatic hydroxyl groups is 1. The Balaban J connectivity index is 1.59. The fourth-order valence-electron chi connectivity index (χ4n) is 4.18. The third kappa shape index (κ3) is 3.23. The summed E-state index contributed by atoms with van der Waals surface area (Å²) in [5.41, 5.74) is 2.93. The van der Waals surface area contributed by atoms with Crippen LogP contribution in [-0.2, 0) is 17.6 Å². The SMILES string of the molecule is Cc1c(OC(C)C(=O)N2CCC(O)CC2)ccc2c3c(c(=O)oc12)CCC3. The van der Waals surface area contributed by atoms with E-state index in [9.17, 15) is 14.7 Å². The molecule has 6 heteroatoms. The summed E-state index contributed by atoms with van der Waals surface area (Å²) < 4.78 is 11.5. The maximum absolute atomic E-state index is 12.6. The molecule has 6 nitrogen and oxygen atoms in total. The largest absolute Gasteiger partial charge is 0.480 e. The van der Waals surface area contributed by atoms with E-state index in [1.165, 1.54) is 0 Å². The fourth-order valence-corrected chi connectivity index (χ4v) is 4.18. The molecule has 4 rings (SSSR count). The van der Waals surface area contributed by atoms with Crippen molar-refractivity contribution in [3.8, 4) is 5.75 Å². The molecule has 2 aromatic rings. The van der Waals surface area contributed by atoms with Crippen LogP contribution in [-0.4, -0.2) is 41.2 Å². The van der Waals surface area contributed by atoms with Gasteiger partial charge >= 0.3 is 5.63 Å². The minimum absolute atomic E-state index is 0.0863. The second kappa shape index (κ2) is 7.00. The van der Waals surface area contributed by atoms with Crippen LogP contribution in [0.15, 0.2) is 21.3 Å². The highest BCUT2D eigenvalue weighted by molar-refractivity contribution is 5.86. The minimum Gasteiger partial charge on any atom is -0.480 e. The summed E-state index contributed by atoms with van der Waals surface area (Å²) >= 11 is 0. The second-order valence-corrected chi connectivity index (χ2v) is 7.58. The van der Waals surface area contributed by atoms with Gasteiger partial charge in [0, 0.05) is 29.6 Å². The molecule has 1 amide bonds. The number of aliphatic hydroxyl groups excluding tert-OH is 1. The van der Waals surface area contributed by atoms with Crippen molar-refractivity contribution in [3.05, 3.63) is 39.2 Å². The highest BCUT2D eigenvalue weighted by Crippen LogP contribution is 2.33. The van der Waals surface area contributed by atoms with Gasteiger partial charge in [0.15, 0.2) is 6.10 Å². The summed E-state index contributed by atoms with van der Waals surface area (Å²) in [5.74, 6) is 0.471. The molecule has 1 aliphatic carbocycles. The van der Waals surface area contributed by atoms with Gasteiger partial charge in [-0.1, -0.05) is 0 Å². The van der Waals surface area contributed by atoms with Crippen molar-refractivity contribution in [1.29, 1.82) is 0 Å². The van der Waals surface area contributed by atoms with Crippen LogP contribution in [0.25, 0.3) is 11.0 Å². The van der Waals surface area contributed by atoms with Gasteiger partial charge in [-0.25, -0.2) is 4.79 Å². The molecule has 0 saturated carbocycles. The van der Waals surface area contributed by atoms with Crippen molar-refractivity contribution in [2.24, 2.45) is 0 Å². The average molecular weight is 371 g/mol. The van der Waals surface area contributed by atoms with E-state index in [1.807, 2.05) is 19.1 Å². The monoisotopic (exact) mass is 371 g/mol. The zero-order valence-electron chi connectivity index (χ0n) is 15.8. The van der Waals surface area contributed by atoms with Crippen LogP contribution in [0.1, 0.15) is 42.9 Å². The zero-order chi connectivity index (χ0) is 19.1. The predicted molar refractivity (Wildman–Crippen MR) is 101 cm³/mol. The number of nitrogens with zero attached hydrogens (tertiary/aromatic N) is 1. The van der Waals surface area contributed by atoms with Gasteiger partial charge in [0.05, 0.1) is 6.10 Å². The number of likely N-dealkylation sites (tertiary alicyclic amines) is 1. The van der Waals surface area contributed by atoms with Crippen LogP contribution in [0.5, 0.6) is 5.75 Å². The number of piperidine rings is 1. The number of hydrogen-bond donors (Lipinski definition) is 1. The summed E-state index contributed by atoms with van der Waals surface area (Å²) in [5, 5.41) is 10.6. The lowest BCUT2D eigenvalue weighted by Crippen LogP contribution is -2.45. The molecule has 1 aliphatic heterocycles. The van der Waals surface area contributed by atoms with Gasteiger partial charge in [-0.3, -0.25) is 4.79 Å². The third-order valence-corrected chi connectivity index (χ3v) is 5.77. The molecule has 2 aliphatic rings. The molecule has 2 heterocycles. The van der Waals surface area contributed by atoms with Gasteiger partial charge in [-0.2, -0.15) is 0 Å². The van der Waals surface area contributed by atoms with E-state index >= 15 is 0 Å². The standard InChI is InChI=1S/C21H25NO5/c1-12-18(26-13(2)20(24)22-10-8-14(23)9-11-22)7-6-16-15-4-3-5-17(15)21(25)27-19(12)16/h6-7,13-14,23H,3-5,8-11H2,1-2H3. The predicted octanol–water partition coefficient (Wildman–Crippen LogP) is 2.34. The van der Waals surface area contributed by atoms with E-state index < -0.39 is 6.10 Å². The Hall–Kier alpha value is -2.34. The maximum atomic E-state index is 12.6. The van der Waals surface area contributed by atoms with Gasteiger partial charge in [0.2, 0.25) is 0 Å². The van der Waals surface area contributed by atoms with Gasteiger partial charge < -0.3 is 19.2 Å². The number of ether oxygens (including phenoxy) is 1. The Morgan fingerprint density at radius 2 is 1.96 bits per heavy atom. The number of rotatable bonds is 3. The third-order valence-electron chi connectivity index (χ3n) is 5.77. The molecule has 0 radical (unpaired) electrons. The number of fused-ring (bicyclic) bond motifs is 3. The first-order chi connectivity index (χ1) is 13.0. The lowest BCUT2D eigenvalue weighted by atomic mass is 10.0. The molecule has 144 valence electrons. The topological polar surface area (TPSA) is 80.0 Å². The van der Waals surface area contributed by atoms with Crippen molar-refractivity contribution >= 4 is 16.9 Å². The average Bonchev–Trinajstić information content (AvgIpc) is 3.15. The van der Waals surface area contributed by atoms with Crippen molar-refractivity contribution in [2.45, 2.75) is 58.2 Å². The second-order valence-electron chi connectivity index (χ2n) is 7.58. The van der Waals surface area contributed by atoms with E-state index in [2.05, 4.69) is 0 Å². The number of carbonyl (C=O) groups excluding carboxylic acids is 1. The number of aryl methyl sites for hydroxylation is 2. The van der Waals surface area contributed by atoms with Crippen LogP contribution in [0.2, 0.25) is 0 Å². The van der Waals surface area contributed by atoms with Crippen LogP contribution in [0, 0.1) is 6.92 Å². The fraction of sp³-hybridized carbons (Fsp3) is 0.524. The summed E-state index contributed by atoms with van der Waals surface area (Å²) in [4.78, 5) is 26.6. The van der Waals surface area contributed by atoms with Gasteiger partial charge in [0.25, 0.3) is 5.91 Å². The van der Waals surface area contributed by atoms with Crippen LogP contribution >= 0.6 is 0 Å². The molecule has 1 atom stereocenters. The smallest absolute Gasteiger partial charge is 0.339 e. The molecule has 27 heavy (non-hydrogen) atoms. The summed E-state index contributed by atoms with van der Waals surface area (Å²) in [6.45, 7) is 4.68. The number of carbonyl (C=O) groups is 1. The number of benzene rings is 1. The highest BCUT2D eigenvalue weighted by Gasteiger charge is 2.27. The Morgan fingerprint density at radius 1 is 1.26 bits per heavy atom. The molecule has 1 unspecified atom stereocenters. The molecule has 1 saturated heterocycles. The molecule has 1 fully saturated rings. The van der Waals surface area contributed by atoms with E-state index in [0.29, 0.717) is 37.3 Å². The first kappa shape index (κ1) is 18.0. The van der Waals surface area contributed by atoms with Crippen molar-refractivity contribution in [2.75, 3.05) is 13.1 Å². The van der Waals surface area contributed by atoms with E-state index in [1.54, 1.807) is 11.8 Å². The number of hydrogen-bond acceptors (Lipinski definition) is 5. The summed E-state index contributed by atoms with van der Waals surface area (Å²) in [6, 6.07) is 3.79. The van der Waals surface area contributed by atoms with Crippen LogP contribution in [0.4, 0.5) is 0 Å². The van der Waals surface area contributed by atoms with Crippen LogP contribution in [0.3, 0.4) is 0 Å². The summed E-state index contributed by atoms with van der Waals surface area (Å²) in [6.07, 6.45) is 2.89. The van der Waals surface area contributed by atoms with Crippen molar-refractivity contribution < 1.29 is 19.1 Å². The molecule has 1 aromatic heterocycles. The van der Waals surface area contributed by atoms with Crippen LogP contribution < -0.4 is 10.4 Å². The Kier molecular flexibility index (Phi) is 4.68. The van der Waals surface area contributed by atoms with E-state index in [4.69, 9.17) is 9.15 Å².